The van der Waals surface area contributed by atoms with Gasteiger partial charge in [-0.2, -0.15) is 0 Å². The molecule has 30 heavy (non-hydrogen) atoms. The molecule has 3 N–H and O–H groups in total. The standard InChI is InChI=1S/C24H32O6/c1-22-9-7-15(25)11-14(22)4-5-17-19(22)20(27)21(28)23(2)16(8-10-24(17,23)29)13-3-6-18(26)30-12-13/h3,6,12,14-17,19-20,25,27,29H,4-5,7-11H2,1-2H3/t14-,15+,16-,17-,19-,20+,22+,23+,24+/m1/s1. The van der Waals surface area contributed by atoms with E-state index < -0.39 is 22.7 Å². The van der Waals surface area contributed by atoms with Gasteiger partial charge in [-0.3, -0.25) is 4.79 Å². The molecule has 0 saturated heterocycles. The maximum atomic E-state index is 13.8. The molecule has 1 heterocycles. The van der Waals surface area contributed by atoms with Crippen LogP contribution in [0.2, 0.25) is 0 Å². The van der Waals surface area contributed by atoms with Gasteiger partial charge in [0.15, 0.2) is 5.78 Å². The predicted molar refractivity (Wildman–Crippen MR) is 109 cm³/mol. The molecule has 0 aromatic carbocycles. The smallest absolute Gasteiger partial charge is 0.335 e. The number of hydrogen-bond donors (Lipinski definition) is 3. The molecule has 0 bridgehead atoms. The molecule has 5 rings (SSSR count). The monoisotopic (exact) mass is 416 g/mol. The SMILES string of the molecule is C[C@]12CC[C@H](O)C[C@H]1CC[C@@H]1[C@@H]2[C@H](O)C(=O)[C@]2(C)[C@@H](c3ccc(=O)oc3)CC[C@]12O. The van der Waals surface area contributed by atoms with E-state index in [0.717, 1.165) is 24.8 Å². The van der Waals surface area contributed by atoms with Gasteiger partial charge in [0.25, 0.3) is 0 Å². The van der Waals surface area contributed by atoms with Crippen molar-refractivity contribution in [3.63, 3.8) is 0 Å². The first-order chi connectivity index (χ1) is 14.1. The molecule has 0 unspecified atom stereocenters. The highest BCUT2D eigenvalue weighted by molar-refractivity contribution is 5.93. The maximum absolute atomic E-state index is 13.8. The number of carbonyl (C=O) groups is 1. The van der Waals surface area contributed by atoms with Crippen molar-refractivity contribution in [2.75, 3.05) is 0 Å². The van der Waals surface area contributed by atoms with Gasteiger partial charge in [-0.05, 0) is 80.8 Å². The third-order valence-electron chi connectivity index (χ3n) is 9.80. The van der Waals surface area contributed by atoms with Crippen molar-refractivity contribution in [3.05, 3.63) is 34.4 Å². The molecule has 0 spiro atoms. The minimum Gasteiger partial charge on any atom is -0.431 e. The Morgan fingerprint density at radius 3 is 2.50 bits per heavy atom. The van der Waals surface area contributed by atoms with Crippen molar-refractivity contribution in [1.82, 2.24) is 0 Å². The van der Waals surface area contributed by atoms with Crippen LogP contribution in [0.25, 0.3) is 0 Å². The number of aliphatic hydroxyl groups excluding tert-OH is 2. The van der Waals surface area contributed by atoms with Crippen LogP contribution in [0.1, 0.15) is 70.3 Å². The minimum atomic E-state index is -1.20. The van der Waals surface area contributed by atoms with Gasteiger partial charge in [-0.25, -0.2) is 4.79 Å². The molecule has 4 saturated carbocycles. The van der Waals surface area contributed by atoms with Crippen LogP contribution in [0, 0.1) is 28.6 Å². The Morgan fingerprint density at radius 1 is 1.03 bits per heavy atom. The summed E-state index contributed by atoms with van der Waals surface area (Å²) in [5.74, 6) is -0.769. The average molecular weight is 417 g/mol. The molecule has 4 fully saturated rings. The summed E-state index contributed by atoms with van der Waals surface area (Å²) >= 11 is 0. The zero-order chi connectivity index (χ0) is 21.5. The fraction of sp³-hybridized carbons (Fsp3) is 0.750. The van der Waals surface area contributed by atoms with Crippen LogP contribution in [0.3, 0.4) is 0 Å². The van der Waals surface area contributed by atoms with Crippen molar-refractivity contribution in [1.29, 1.82) is 0 Å². The average Bonchev–Trinajstić information content (AvgIpc) is 3.00. The summed E-state index contributed by atoms with van der Waals surface area (Å²) in [4.78, 5) is 25.2. The first-order valence-electron chi connectivity index (χ1n) is 11.3. The second-order valence-corrected chi connectivity index (χ2v) is 10.8. The number of hydrogen-bond acceptors (Lipinski definition) is 6. The third-order valence-corrected chi connectivity index (χ3v) is 9.80. The summed E-state index contributed by atoms with van der Waals surface area (Å²) < 4.78 is 5.06. The highest BCUT2D eigenvalue weighted by Gasteiger charge is 2.73. The predicted octanol–water partition coefficient (Wildman–Crippen LogP) is 2.39. The van der Waals surface area contributed by atoms with Gasteiger partial charge in [-0.15, -0.1) is 0 Å². The van der Waals surface area contributed by atoms with E-state index in [1.165, 1.54) is 12.3 Å². The second-order valence-electron chi connectivity index (χ2n) is 10.8. The fourth-order valence-corrected chi connectivity index (χ4v) is 8.13. The zero-order valence-corrected chi connectivity index (χ0v) is 17.7. The van der Waals surface area contributed by atoms with E-state index in [2.05, 4.69) is 6.92 Å². The highest BCUT2D eigenvalue weighted by atomic mass is 16.4. The molecule has 1 aromatic heterocycles. The quantitative estimate of drug-likeness (QED) is 0.649. The van der Waals surface area contributed by atoms with Crippen molar-refractivity contribution in [2.24, 2.45) is 28.6 Å². The van der Waals surface area contributed by atoms with E-state index in [4.69, 9.17) is 4.42 Å². The lowest BCUT2D eigenvalue weighted by atomic mass is 9.42. The van der Waals surface area contributed by atoms with Crippen LogP contribution in [-0.4, -0.2) is 38.9 Å². The molecule has 4 aliphatic carbocycles. The molecule has 164 valence electrons. The lowest BCUT2D eigenvalue weighted by Crippen LogP contribution is -2.70. The second kappa shape index (κ2) is 6.50. The zero-order valence-electron chi connectivity index (χ0n) is 17.7. The van der Waals surface area contributed by atoms with Crippen LogP contribution < -0.4 is 5.63 Å². The topological polar surface area (TPSA) is 108 Å². The first kappa shape index (κ1) is 20.4. The minimum absolute atomic E-state index is 0.160. The van der Waals surface area contributed by atoms with Gasteiger partial charge in [0.1, 0.15) is 6.10 Å². The first-order valence-corrected chi connectivity index (χ1v) is 11.3. The summed E-state index contributed by atoms with van der Waals surface area (Å²) in [5.41, 5.74) is -2.29. The molecule has 6 heteroatoms. The third kappa shape index (κ3) is 2.41. The largest absolute Gasteiger partial charge is 0.431 e. The number of aliphatic hydroxyl groups is 3. The molecule has 1 aromatic rings. The highest BCUT2D eigenvalue weighted by Crippen LogP contribution is 2.69. The summed E-state index contributed by atoms with van der Waals surface area (Å²) in [6, 6.07) is 3.03. The van der Waals surface area contributed by atoms with E-state index in [0.29, 0.717) is 25.7 Å². The maximum Gasteiger partial charge on any atom is 0.335 e. The van der Waals surface area contributed by atoms with Gasteiger partial charge in [-0.1, -0.05) is 6.92 Å². The van der Waals surface area contributed by atoms with Crippen LogP contribution in [-0.2, 0) is 4.79 Å². The molecule has 0 aliphatic heterocycles. The molecule has 4 aliphatic rings. The van der Waals surface area contributed by atoms with Gasteiger partial charge in [0.2, 0.25) is 0 Å². The Labute approximate surface area is 176 Å². The van der Waals surface area contributed by atoms with Gasteiger partial charge < -0.3 is 19.7 Å². The summed E-state index contributed by atoms with van der Waals surface area (Å²) in [6.07, 6.45) is 4.88. The lowest BCUT2D eigenvalue weighted by Gasteiger charge is -2.64. The molecule has 6 nitrogen and oxygen atoms in total. The Kier molecular flexibility index (Phi) is 4.42. The van der Waals surface area contributed by atoms with E-state index in [-0.39, 0.29) is 41.0 Å². The van der Waals surface area contributed by atoms with Crippen molar-refractivity contribution >= 4 is 5.78 Å². The molecule has 9 atom stereocenters. The molecule has 0 radical (unpaired) electrons. The Morgan fingerprint density at radius 2 is 1.80 bits per heavy atom. The van der Waals surface area contributed by atoms with Gasteiger partial charge >= 0.3 is 5.63 Å². The van der Waals surface area contributed by atoms with E-state index in [1.54, 1.807) is 13.0 Å². The van der Waals surface area contributed by atoms with E-state index in [9.17, 15) is 24.9 Å². The summed E-state index contributed by atoms with van der Waals surface area (Å²) in [7, 11) is 0. The molecular formula is C24H32O6. The van der Waals surface area contributed by atoms with Crippen LogP contribution in [0.15, 0.2) is 27.6 Å². The van der Waals surface area contributed by atoms with E-state index >= 15 is 0 Å². The number of ketones is 1. The fourth-order valence-electron chi connectivity index (χ4n) is 8.13. The van der Waals surface area contributed by atoms with Gasteiger partial charge in [0, 0.05) is 17.9 Å². The Bertz CT molecular complexity index is 904. The van der Waals surface area contributed by atoms with Gasteiger partial charge in [0.05, 0.1) is 23.4 Å². The van der Waals surface area contributed by atoms with Crippen molar-refractivity contribution in [3.8, 4) is 0 Å². The number of rotatable bonds is 1. The Hall–Kier alpha value is -1.50. The number of Topliss-reactive ketones (excluding diaryl/α,β-unsaturated/α-hetero) is 1. The molecular weight excluding hydrogens is 384 g/mol. The van der Waals surface area contributed by atoms with Crippen molar-refractivity contribution < 1.29 is 24.5 Å². The van der Waals surface area contributed by atoms with Crippen LogP contribution in [0.4, 0.5) is 0 Å². The number of carbonyl (C=O) groups excluding carboxylic acids is 1. The lowest BCUT2D eigenvalue weighted by molar-refractivity contribution is -0.228. The summed E-state index contributed by atoms with van der Waals surface area (Å²) in [5, 5.41) is 33.7. The number of fused-ring (bicyclic) bond motifs is 5. The molecule has 0 amide bonds. The normalized spacial score (nSPS) is 50.5. The van der Waals surface area contributed by atoms with Crippen molar-refractivity contribution in [2.45, 2.75) is 82.5 Å². The van der Waals surface area contributed by atoms with Crippen LogP contribution in [0.5, 0.6) is 0 Å². The van der Waals surface area contributed by atoms with Crippen LogP contribution >= 0.6 is 0 Å². The summed E-state index contributed by atoms with van der Waals surface area (Å²) in [6.45, 7) is 3.96. The van der Waals surface area contributed by atoms with E-state index in [1.807, 2.05) is 0 Å². The Balaban J connectivity index is 1.58.